The fourth-order valence-electron chi connectivity index (χ4n) is 2.73. The van der Waals surface area contributed by atoms with Crippen LogP contribution in [-0.4, -0.2) is 21.6 Å². The number of hydrogen-bond donors (Lipinski definition) is 1. The van der Waals surface area contributed by atoms with Crippen LogP contribution in [0.3, 0.4) is 0 Å². The second-order valence-electron chi connectivity index (χ2n) is 6.00. The predicted octanol–water partition coefficient (Wildman–Crippen LogP) is 3.39. The molecule has 0 radical (unpaired) electrons. The smallest absolute Gasteiger partial charge is 0.273 e. The van der Waals surface area contributed by atoms with Crippen LogP contribution in [-0.2, 0) is 11.2 Å². The Bertz CT molecular complexity index is 1010. The Labute approximate surface area is 156 Å². The van der Waals surface area contributed by atoms with E-state index in [0.29, 0.717) is 5.56 Å². The first kappa shape index (κ1) is 18.1. The van der Waals surface area contributed by atoms with Crippen molar-refractivity contribution in [3.05, 3.63) is 93.8 Å². The van der Waals surface area contributed by atoms with Crippen molar-refractivity contribution in [1.82, 2.24) is 9.99 Å². The van der Waals surface area contributed by atoms with Gasteiger partial charge in [0, 0.05) is 23.5 Å². The van der Waals surface area contributed by atoms with Crippen LogP contribution in [0.1, 0.15) is 16.8 Å². The molecule has 2 aromatic carbocycles. The van der Waals surface area contributed by atoms with Crippen LogP contribution in [0.5, 0.6) is 0 Å². The number of rotatable bonds is 6. The van der Waals surface area contributed by atoms with Gasteiger partial charge < -0.3 is 4.57 Å². The number of nitro benzene ring substituents is 1. The Morgan fingerprint density at radius 2 is 2.00 bits per heavy atom. The van der Waals surface area contributed by atoms with E-state index < -0.39 is 10.8 Å². The zero-order valence-corrected chi connectivity index (χ0v) is 14.7. The van der Waals surface area contributed by atoms with Crippen molar-refractivity contribution in [1.29, 1.82) is 0 Å². The van der Waals surface area contributed by atoms with Crippen molar-refractivity contribution in [3.8, 4) is 5.69 Å². The highest BCUT2D eigenvalue weighted by atomic mass is 16.6. The highest BCUT2D eigenvalue weighted by molar-refractivity contribution is 5.83. The first-order valence-corrected chi connectivity index (χ1v) is 8.33. The van der Waals surface area contributed by atoms with Gasteiger partial charge in [-0.25, -0.2) is 5.43 Å². The number of nitrogens with zero attached hydrogens (tertiary/aromatic N) is 3. The number of hydrogen-bond acceptors (Lipinski definition) is 4. The molecule has 1 N–H and O–H groups in total. The molecule has 0 unspecified atom stereocenters. The quantitative estimate of drug-likeness (QED) is 0.414. The first-order valence-electron chi connectivity index (χ1n) is 8.33. The number of aromatic nitrogens is 1. The molecule has 0 spiro atoms. The molecule has 0 atom stereocenters. The molecule has 1 amide bonds. The molecule has 3 aromatic rings. The lowest BCUT2D eigenvalue weighted by atomic mass is 10.1. The number of carbonyl (C=O) groups excluding carboxylic acids is 1. The molecule has 136 valence electrons. The third kappa shape index (κ3) is 4.46. The average Bonchev–Trinajstić information content (AvgIpc) is 3.10. The molecular weight excluding hydrogens is 344 g/mol. The summed E-state index contributed by atoms with van der Waals surface area (Å²) in [6.45, 7) is 2.02. The van der Waals surface area contributed by atoms with Gasteiger partial charge in [0.2, 0.25) is 5.91 Å². The van der Waals surface area contributed by atoms with Crippen molar-refractivity contribution >= 4 is 17.8 Å². The van der Waals surface area contributed by atoms with Crippen molar-refractivity contribution < 1.29 is 9.72 Å². The number of nitrogens with one attached hydrogen (secondary N) is 1. The predicted molar refractivity (Wildman–Crippen MR) is 103 cm³/mol. The standard InChI is InChI=1S/C20H18N4O3/c1-15-6-4-8-17(12-15)23-11-5-9-18(23)14-21-22-20(25)13-16-7-2-3-10-19(16)24(26)27/h2-12,14H,13H2,1H3,(H,22,25)/b21-14+. The van der Waals surface area contributed by atoms with Gasteiger partial charge in [0.1, 0.15) is 0 Å². The van der Waals surface area contributed by atoms with Crippen molar-refractivity contribution in [3.63, 3.8) is 0 Å². The minimum absolute atomic E-state index is 0.0787. The van der Waals surface area contributed by atoms with Gasteiger partial charge in [0.25, 0.3) is 5.69 Å². The molecule has 0 aliphatic carbocycles. The summed E-state index contributed by atoms with van der Waals surface area (Å²) in [6.07, 6.45) is 3.33. The zero-order chi connectivity index (χ0) is 19.2. The van der Waals surface area contributed by atoms with Gasteiger partial charge in [0.05, 0.1) is 23.3 Å². The Balaban J connectivity index is 1.68. The van der Waals surface area contributed by atoms with Gasteiger partial charge >= 0.3 is 0 Å². The maximum absolute atomic E-state index is 12.1. The third-order valence-electron chi connectivity index (χ3n) is 3.99. The van der Waals surface area contributed by atoms with E-state index >= 15 is 0 Å². The molecule has 0 aliphatic heterocycles. The fraction of sp³-hybridized carbons (Fsp3) is 0.100. The maximum atomic E-state index is 12.1. The highest BCUT2D eigenvalue weighted by Gasteiger charge is 2.15. The summed E-state index contributed by atoms with van der Waals surface area (Å²) in [6, 6.07) is 17.9. The summed E-state index contributed by atoms with van der Waals surface area (Å²) in [5.74, 6) is -0.422. The molecule has 0 saturated carbocycles. The summed E-state index contributed by atoms with van der Waals surface area (Å²) in [7, 11) is 0. The lowest BCUT2D eigenvalue weighted by Gasteiger charge is -2.07. The molecule has 1 heterocycles. The molecule has 3 rings (SSSR count). The minimum Gasteiger partial charge on any atom is -0.316 e. The summed E-state index contributed by atoms with van der Waals surface area (Å²) in [5, 5.41) is 15.0. The first-order chi connectivity index (χ1) is 13.0. The minimum atomic E-state index is -0.499. The second kappa shape index (κ2) is 8.09. The Morgan fingerprint density at radius 1 is 1.19 bits per heavy atom. The Kier molecular flexibility index (Phi) is 5.41. The SMILES string of the molecule is Cc1cccc(-n2cccc2/C=N/NC(=O)Cc2ccccc2[N+](=O)[O-])c1. The van der Waals surface area contributed by atoms with Crippen LogP contribution in [0.4, 0.5) is 5.69 Å². The zero-order valence-electron chi connectivity index (χ0n) is 14.7. The monoisotopic (exact) mass is 362 g/mol. The van der Waals surface area contributed by atoms with Crippen LogP contribution < -0.4 is 5.43 Å². The van der Waals surface area contributed by atoms with E-state index in [9.17, 15) is 14.9 Å². The van der Waals surface area contributed by atoms with Crippen molar-refractivity contribution in [2.45, 2.75) is 13.3 Å². The van der Waals surface area contributed by atoms with E-state index in [-0.39, 0.29) is 12.1 Å². The van der Waals surface area contributed by atoms with Crippen molar-refractivity contribution in [2.24, 2.45) is 5.10 Å². The molecule has 0 fully saturated rings. The molecule has 27 heavy (non-hydrogen) atoms. The summed E-state index contributed by atoms with van der Waals surface area (Å²) in [5.41, 5.74) is 5.62. The molecule has 7 heteroatoms. The average molecular weight is 362 g/mol. The number of nitro groups is 1. The molecule has 1 aromatic heterocycles. The molecule has 0 bridgehead atoms. The highest BCUT2D eigenvalue weighted by Crippen LogP contribution is 2.18. The molecule has 0 aliphatic rings. The third-order valence-corrected chi connectivity index (χ3v) is 3.99. The topological polar surface area (TPSA) is 89.5 Å². The number of carbonyl (C=O) groups is 1. The second-order valence-corrected chi connectivity index (χ2v) is 6.00. The van der Waals surface area contributed by atoms with E-state index in [0.717, 1.165) is 16.9 Å². The summed E-state index contributed by atoms with van der Waals surface area (Å²) < 4.78 is 1.95. The lowest BCUT2D eigenvalue weighted by molar-refractivity contribution is -0.385. The van der Waals surface area contributed by atoms with Crippen LogP contribution in [0, 0.1) is 17.0 Å². The van der Waals surface area contributed by atoms with Crippen LogP contribution in [0.2, 0.25) is 0 Å². The van der Waals surface area contributed by atoms with Crippen LogP contribution in [0.25, 0.3) is 5.69 Å². The summed E-state index contributed by atoms with van der Waals surface area (Å²) >= 11 is 0. The van der Waals surface area contributed by atoms with E-state index in [1.807, 2.05) is 54.1 Å². The van der Waals surface area contributed by atoms with Crippen LogP contribution >= 0.6 is 0 Å². The number of para-hydroxylation sites is 1. The number of benzene rings is 2. The molecular formula is C20H18N4O3. The van der Waals surface area contributed by atoms with Gasteiger partial charge in [-0.1, -0.05) is 30.3 Å². The number of amides is 1. The van der Waals surface area contributed by atoms with Crippen LogP contribution in [0.15, 0.2) is 72.0 Å². The van der Waals surface area contributed by atoms with Gasteiger partial charge in [0.15, 0.2) is 0 Å². The van der Waals surface area contributed by atoms with Gasteiger partial charge in [-0.15, -0.1) is 0 Å². The van der Waals surface area contributed by atoms with E-state index in [1.54, 1.807) is 24.4 Å². The van der Waals surface area contributed by atoms with E-state index in [1.165, 1.54) is 6.07 Å². The number of hydrazone groups is 1. The summed E-state index contributed by atoms with van der Waals surface area (Å²) in [4.78, 5) is 22.6. The molecule has 7 nitrogen and oxygen atoms in total. The molecule has 0 saturated heterocycles. The van der Waals surface area contributed by atoms with Gasteiger partial charge in [-0.3, -0.25) is 14.9 Å². The Hall–Kier alpha value is -3.74. The van der Waals surface area contributed by atoms with E-state index in [4.69, 9.17) is 0 Å². The lowest BCUT2D eigenvalue weighted by Crippen LogP contribution is -2.20. The van der Waals surface area contributed by atoms with Gasteiger partial charge in [-0.05, 0) is 36.8 Å². The Morgan fingerprint density at radius 3 is 2.78 bits per heavy atom. The number of aryl methyl sites for hydroxylation is 1. The fourth-order valence-corrected chi connectivity index (χ4v) is 2.73. The largest absolute Gasteiger partial charge is 0.316 e. The van der Waals surface area contributed by atoms with Crippen molar-refractivity contribution in [2.75, 3.05) is 0 Å². The normalized spacial score (nSPS) is 10.9. The van der Waals surface area contributed by atoms with Gasteiger partial charge in [-0.2, -0.15) is 5.10 Å². The van der Waals surface area contributed by atoms with E-state index in [2.05, 4.69) is 10.5 Å². The maximum Gasteiger partial charge on any atom is 0.273 e.